The number of nitrogen functional groups attached to an aromatic ring is 1. The van der Waals surface area contributed by atoms with E-state index in [1.807, 2.05) is 30.0 Å². The first-order valence-electron chi connectivity index (χ1n) is 12.6. The van der Waals surface area contributed by atoms with Gasteiger partial charge in [-0.3, -0.25) is 9.78 Å². The van der Waals surface area contributed by atoms with E-state index >= 15 is 0 Å². The summed E-state index contributed by atoms with van der Waals surface area (Å²) in [4.78, 5) is 37.6. The monoisotopic (exact) mass is 520 g/mol. The molecule has 38 heavy (non-hydrogen) atoms. The highest BCUT2D eigenvalue weighted by molar-refractivity contribution is 6.09. The van der Waals surface area contributed by atoms with Crippen molar-refractivity contribution in [1.29, 1.82) is 0 Å². The number of carboxylic acid groups (broad SMARTS) is 1. The molecule has 2 fully saturated rings. The van der Waals surface area contributed by atoms with Crippen LogP contribution >= 0.6 is 0 Å². The molecule has 0 radical (unpaired) electrons. The number of anilines is 4. The van der Waals surface area contributed by atoms with Crippen LogP contribution in [0.4, 0.5) is 27.5 Å². The standard InChI is InChI=1S/C26H32N8O4/c1-15-13-34(14-19(28)23(15)32-26(36)37)22-4-5-29-12-21(22)31-25(35)24-18(27)10-16-2-3-17(11-20(16)30-24)33-6-8-38-9-7-33/h2-5,10-12,15,19,23,32H,6-9,13-14,27-28H2,1H3,(H,31,35)(H,36,37)/t15-,19+,23-/m0/s1. The molecule has 12 nitrogen and oxygen atoms in total. The fourth-order valence-electron chi connectivity index (χ4n) is 5.23. The van der Waals surface area contributed by atoms with E-state index in [9.17, 15) is 9.59 Å². The van der Waals surface area contributed by atoms with E-state index in [1.54, 1.807) is 24.5 Å². The summed E-state index contributed by atoms with van der Waals surface area (Å²) >= 11 is 0. The van der Waals surface area contributed by atoms with Crippen molar-refractivity contribution < 1.29 is 19.4 Å². The van der Waals surface area contributed by atoms with Gasteiger partial charge in [0, 0.05) is 49.5 Å². The molecule has 0 bridgehead atoms. The molecule has 200 valence electrons. The highest BCUT2D eigenvalue weighted by atomic mass is 16.5. The molecule has 2 aromatic heterocycles. The van der Waals surface area contributed by atoms with Crippen LogP contribution in [0.15, 0.2) is 42.7 Å². The first-order valence-corrected chi connectivity index (χ1v) is 12.6. The quantitative estimate of drug-likeness (QED) is 0.333. The molecule has 0 saturated carbocycles. The number of ether oxygens (including phenoxy) is 1. The van der Waals surface area contributed by atoms with Crippen LogP contribution in [0.25, 0.3) is 10.9 Å². The van der Waals surface area contributed by atoms with Crippen molar-refractivity contribution in [2.75, 3.05) is 60.2 Å². The van der Waals surface area contributed by atoms with Crippen molar-refractivity contribution in [2.24, 2.45) is 11.7 Å². The Hall–Kier alpha value is -4.16. The van der Waals surface area contributed by atoms with Gasteiger partial charge in [0.1, 0.15) is 0 Å². The average molecular weight is 521 g/mol. The number of carbonyl (C=O) groups excluding carboxylic acids is 1. The largest absolute Gasteiger partial charge is 0.465 e. The van der Waals surface area contributed by atoms with Gasteiger partial charge in [0.25, 0.3) is 5.91 Å². The van der Waals surface area contributed by atoms with Gasteiger partial charge in [-0.1, -0.05) is 13.0 Å². The number of amides is 2. The molecule has 0 aliphatic carbocycles. The number of pyridine rings is 2. The van der Waals surface area contributed by atoms with Crippen LogP contribution in [0.2, 0.25) is 0 Å². The van der Waals surface area contributed by atoms with Crippen molar-refractivity contribution in [2.45, 2.75) is 19.0 Å². The van der Waals surface area contributed by atoms with E-state index in [-0.39, 0.29) is 23.3 Å². The molecule has 2 amide bonds. The molecule has 2 aliphatic rings. The number of nitrogens with one attached hydrogen (secondary N) is 2. The smallest absolute Gasteiger partial charge is 0.404 e. The summed E-state index contributed by atoms with van der Waals surface area (Å²) in [6, 6.07) is 8.70. The van der Waals surface area contributed by atoms with E-state index in [2.05, 4.69) is 25.5 Å². The van der Waals surface area contributed by atoms with Crippen LogP contribution < -0.4 is 31.9 Å². The molecule has 0 spiro atoms. The number of hydrogen-bond donors (Lipinski definition) is 5. The van der Waals surface area contributed by atoms with Crippen molar-refractivity contribution >= 4 is 45.7 Å². The van der Waals surface area contributed by atoms with Crippen molar-refractivity contribution in [3.05, 3.63) is 48.4 Å². The first kappa shape index (κ1) is 25.5. The Morgan fingerprint density at radius 3 is 2.66 bits per heavy atom. The lowest BCUT2D eigenvalue weighted by Gasteiger charge is -2.42. The fraction of sp³-hybridized carbons (Fsp3) is 0.385. The zero-order valence-electron chi connectivity index (χ0n) is 21.1. The fourth-order valence-corrected chi connectivity index (χ4v) is 5.23. The molecule has 7 N–H and O–H groups in total. The van der Waals surface area contributed by atoms with Crippen LogP contribution in [0.1, 0.15) is 17.4 Å². The number of fused-ring (bicyclic) bond motifs is 1. The van der Waals surface area contributed by atoms with Gasteiger partial charge >= 0.3 is 6.09 Å². The number of hydrogen-bond acceptors (Lipinski definition) is 9. The van der Waals surface area contributed by atoms with Crippen LogP contribution in [-0.4, -0.2) is 78.6 Å². The minimum absolute atomic E-state index is 0.0509. The van der Waals surface area contributed by atoms with Crippen LogP contribution in [-0.2, 0) is 4.74 Å². The molecule has 3 aromatic rings. The maximum atomic E-state index is 13.4. The highest BCUT2D eigenvalue weighted by Crippen LogP contribution is 2.30. The number of rotatable bonds is 5. The van der Waals surface area contributed by atoms with Crippen LogP contribution in [0, 0.1) is 5.92 Å². The van der Waals surface area contributed by atoms with E-state index < -0.39 is 18.0 Å². The van der Waals surface area contributed by atoms with Gasteiger partial charge < -0.3 is 41.7 Å². The van der Waals surface area contributed by atoms with Crippen LogP contribution in [0.5, 0.6) is 0 Å². The number of nitrogens with zero attached hydrogens (tertiary/aromatic N) is 4. The number of aromatic nitrogens is 2. The minimum Gasteiger partial charge on any atom is -0.465 e. The molecular formula is C26H32N8O4. The second-order valence-electron chi connectivity index (χ2n) is 9.77. The predicted octanol–water partition coefficient (Wildman–Crippen LogP) is 1.72. The Morgan fingerprint density at radius 1 is 1.13 bits per heavy atom. The Kier molecular flexibility index (Phi) is 7.16. The molecule has 2 aliphatic heterocycles. The SMILES string of the molecule is C[C@H]1CN(c2ccncc2NC(=O)c2nc3cc(N4CCOCC4)ccc3cc2N)C[C@@H](N)[C@H]1NC(=O)O. The topological polar surface area (TPSA) is 172 Å². The normalized spacial score (nSPS) is 21.8. The second-order valence-corrected chi connectivity index (χ2v) is 9.77. The third kappa shape index (κ3) is 5.27. The van der Waals surface area contributed by atoms with Crippen LogP contribution in [0.3, 0.4) is 0 Å². The third-order valence-electron chi connectivity index (χ3n) is 7.11. The van der Waals surface area contributed by atoms with Crippen molar-refractivity contribution in [3.63, 3.8) is 0 Å². The number of piperidine rings is 1. The molecule has 12 heteroatoms. The lowest BCUT2D eigenvalue weighted by atomic mass is 9.90. The number of nitrogens with two attached hydrogens (primary N) is 2. The molecule has 4 heterocycles. The summed E-state index contributed by atoms with van der Waals surface area (Å²) in [5.41, 5.74) is 15.9. The van der Waals surface area contributed by atoms with Gasteiger partial charge in [-0.05, 0) is 30.2 Å². The summed E-state index contributed by atoms with van der Waals surface area (Å²) in [5.74, 6) is -0.500. The Balaban J connectivity index is 1.38. The molecule has 1 aromatic carbocycles. The van der Waals surface area contributed by atoms with Gasteiger partial charge in [-0.2, -0.15) is 0 Å². The molecule has 3 atom stereocenters. The Labute approximate surface area is 220 Å². The lowest BCUT2D eigenvalue weighted by Crippen LogP contribution is -2.61. The van der Waals surface area contributed by atoms with E-state index in [0.717, 1.165) is 29.9 Å². The second kappa shape index (κ2) is 10.7. The summed E-state index contributed by atoms with van der Waals surface area (Å²) in [7, 11) is 0. The Morgan fingerprint density at radius 2 is 1.92 bits per heavy atom. The number of benzene rings is 1. The third-order valence-corrected chi connectivity index (χ3v) is 7.11. The zero-order chi connectivity index (χ0) is 26.8. The summed E-state index contributed by atoms with van der Waals surface area (Å²) in [5, 5.41) is 15.4. The van der Waals surface area contributed by atoms with Gasteiger partial charge in [0.15, 0.2) is 5.69 Å². The molecular weight excluding hydrogens is 488 g/mol. The maximum absolute atomic E-state index is 13.4. The van der Waals surface area contributed by atoms with E-state index in [4.69, 9.17) is 21.3 Å². The minimum atomic E-state index is -1.10. The van der Waals surface area contributed by atoms with E-state index in [1.165, 1.54) is 0 Å². The average Bonchev–Trinajstić information content (AvgIpc) is 2.90. The maximum Gasteiger partial charge on any atom is 0.404 e. The molecule has 0 unspecified atom stereocenters. The number of morpholine rings is 1. The lowest BCUT2D eigenvalue weighted by molar-refractivity contribution is 0.102. The van der Waals surface area contributed by atoms with Gasteiger partial charge in [-0.25, -0.2) is 9.78 Å². The predicted molar refractivity (Wildman–Crippen MR) is 146 cm³/mol. The van der Waals surface area contributed by atoms with Gasteiger partial charge in [-0.15, -0.1) is 0 Å². The zero-order valence-corrected chi connectivity index (χ0v) is 21.1. The highest BCUT2D eigenvalue weighted by Gasteiger charge is 2.34. The first-order chi connectivity index (χ1) is 18.3. The Bertz CT molecular complexity index is 1330. The molecule has 2 saturated heterocycles. The van der Waals surface area contributed by atoms with Gasteiger partial charge in [0.05, 0.1) is 48.0 Å². The molecule has 5 rings (SSSR count). The van der Waals surface area contributed by atoms with Crippen molar-refractivity contribution in [1.82, 2.24) is 15.3 Å². The van der Waals surface area contributed by atoms with E-state index in [0.29, 0.717) is 37.5 Å². The summed E-state index contributed by atoms with van der Waals surface area (Å²) in [6.07, 6.45) is 2.11. The summed E-state index contributed by atoms with van der Waals surface area (Å²) in [6.45, 7) is 5.83. The number of carbonyl (C=O) groups is 2. The summed E-state index contributed by atoms with van der Waals surface area (Å²) < 4.78 is 5.45. The van der Waals surface area contributed by atoms with Crippen molar-refractivity contribution in [3.8, 4) is 0 Å². The van der Waals surface area contributed by atoms with Gasteiger partial charge in [0.2, 0.25) is 0 Å².